The van der Waals surface area contributed by atoms with Gasteiger partial charge in [-0.1, -0.05) is 54.1 Å². The molecule has 4 aromatic carbocycles. The SMILES string of the molecule is O=C(/C=C/c1ccccc1)Oc1ccccc1/C=N\NC(=O)c1ccc(NC(=O)c2sc3cc([N+](=O)[O-])ccc3c2Cl)cc1. The molecule has 0 aliphatic carbocycles. The van der Waals surface area contributed by atoms with Crippen molar-refractivity contribution in [2.75, 3.05) is 5.32 Å². The van der Waals surface area contributed by atoms with Crippen LogP contribution in [-0.2, 0) is 4.79 Å². The van der Waals surface area contributed by atoms with Crippen LogP contribution in [0.25, 0.3) is 16.2 Å². The van der Waals surface area contributed by atoms with Crippen molar-refractivity contribution in [2.45, 2.75) is 0 Å². The fraction of sp³-hybridized carbons (Fsp3) is 0. The van der Waals surface area contributed by atoms with Crippen molar-refractivity contribution in [3.05, 3.63) is 140 Å². The highest BCUT2D eigenvalue weighted by Crippen LogP contribution is 2.37. The highest BCUT2D eigenvalue weighted by molar-refractivity contribution is 7.21. The van der Waals surface area contributed by atoms with E-state index >= 15 is 0 Å². The number of nitrogens with zero attached hydrogens (tertiary/aromatic N) is 2. The smallest absolute Gasteiger partial charge is 0.336 e. The Morgan fingerprint density at radius 2 is 1.64 bits per heavy atom. The molecular formula is C32H21ClN4O6S. The number of hydrazone groups is 1. The van der Waals surface area contributed by atoms with E-state index in [1.807, 2.05) is 30.3 Å². The molecule has 2 amide bonds. The topological polar surface area (TPSA) is 140 Å². The number of nitrogens with one attached hydrogen (secondary N) is 2. The fourth-order valence-corrected chi connectivity index (χ4v) is 5.43. The first-order valence-electron chi connectivity index (χ1n) is 12.9. The molecule has 5 aromatic rings. The minimum Gasteiger partial charge on any atom is -0.423 e. The molecule has 0 atom stereocenters. The Morgan fingerprint density at radius 1 is 0.909 bits per heavy atom. The number of nitro benzene ring substituents is 1. The van der Waals surface area contributed by atoms with Gasteiger partial charge in [-0.05, 0) is 54.1 Å². The quantitative estimate of drug-likeness (QED) is 0.0448. The summed E-state index contributed by atoms with van der Waals surface area (Å²) >= 11 is 7.41. The molecule has 12 heteroatoms. The maximum Gasteiger partial charge on any atom is 0.336 e. The van der Waals surface area contributed by atoms with E-state index in [-0.39, 0.29) is 26.9 Å². The molecule has 0 fully saturated rings. The lowest BCUT2D eigenvalue weighted by atomic mass is 10.2. The van der Waals surface area contributed by atoms with Gasteiger partial charge in [-0.25, -0.2) is 10.2 Å². The molecular weight excluding hydrogens is 604 g/mol. The number of para-hydroxylation sites is 1. The van der Waals surface area contributed by atoms with Gasteiger partial charge >= 0.3 is 5.97 Å². The van der Waals surface area contributed by atoms with Gasteiger partial charge in [-0.15, -0.1) is 11.3 Å². The second-order valence-electron chi connectivity index (χ2n) is 9.12. The normalized spacial score (nSPS) is 11.1. The van der Waals surface area contributed by atoms with Crippen LogP contribution in [0, 0.1) is 10.1 Å². The molecule has 10 nitrogen and oxygen atoms in total. The Bertz CT molecular complexity index is 1940. The number of carbonyl (C=O) groups is 3. The van der Waals surface area contributed by atoms with E-state index in [0.717, 1.165) is 16.9 Å². The number of anilines is 1. The summed E-state index contributed by atoms with van der Waals surface area (Å²) in [7, 11) is 0. The summed E-state index contributed by atoms with van der Waals surface area (Å²) in [6.45, 7) is 0. The third-order valence-electron chi connectivity index (χ3n) is 6.15. The standard InChI is InChI=1S/C32H21ClN4O6S/c33-29-25-16-15-24(37(41)42)18-27(25)44-30(29)32(40)35-23-13-11-21(12-14-23)31(39)36-34-19-22-8-4-5-9-26(22)43-28(38)17-10-20-6-2-1-3-7-20/h1-19H,(H,35,40)(H,36,39)/b17-10+,34-19-. The van der Waals surface area contributed by atoms with Crippen LogP contribution in [0.3, 0.4) is 0 Å². The Kier molecular flexibility index (Phi) is 9.19. The zero-order chi connectivity index (χ0) is 31.1. The van der Waals surface area contributed by atoms with Crippen molar-refractivity contribution in [1.82, 2.24) is 5.43 Å². The molecule has 0 saturated carbocycles. The van der Waals surface area contributed by atoms with Crippen LogP contribution < -0.4 is 15.5 Å². The second-order valence-corrected chi connectivity index (χ2v) is 10.5. The number of halogens is 1. The molecule has 0 bridgehead atoms. The highest BCUT2D eigenvalue weighted by atomic mass is 35.5. The molecule has 5 rings (SSSR count). The van der Waals surface area contributed by atoms with E-state index in [2.05, 4.69) is 15.8 Å². The second kappa shape index (κ2) is 13.6. The van der Waals surface area contributed by atoms with Crippen molar-refractivity contribution >= 4 is 74.5 Å². The maximum absolute atomic E-state index is 12.9. The van der Waals surface area contributed by atoms with E-state index in [9.17, 15) is 24.5 Å². The van der Waals surface area contributed by atoms with Crippen molar-refractivity contribution in [3.8, 4) is 5.75 Å². The van der Waals surface area contributed by atoms with Crippen molar-refractivity contribution < 1.29 is 24.0 Å². The number of hydrogen-bond acceptors (Lipinski definition) is 8. The van der Waals surface area contributed by atoms with Gasteiger partial charge in [0.1, 0.15) is 10.6 Å². The van der Waals surface area contributed by atoms with E-state index in [4.69, 9.17) is 16.3 Å². The van der Waals surface area contributed by atoms with Gasteiger partial charge in [-0.3, -0.25) is 19.7 Å². The number of thiophene rings is 1. The first kappa shape index (κ1) is 29.8. The summed E-state index contributed by atoms with van der Waals surface area (Å²) in [6.07, 6.45) is 4.33. The number of nitro groups is 1. The molecule has 44 heavy (non-hydrogen) atoms. The molecule has 1 aromatic heterocycles. The number of non-ortho nitro benzene ring substituents is 1. The predicted octanol–water partition coefficient (Wildman–Crippen LogP) is 7.10. The maximum atomic E-state index is 12.9. The summed E-state index contributed by atoms with van der Waals surface area (Å²) in [5, 5.41) is 18.5. The summed E-state index contributed by atoms with van der Waals surface area (Å²) in [5.74, 6) is -1.29. The number of esters is 1. The third-order valence-corrected chi connectivity index (χ3v) is 7.80. The number of carbonyl (C=O) groups excluding carboxylic acids is 3. The molecule has 0 unspecified atom stereocenters. The predicted molar refractivity (Wildman–Crippen MR) is 170 cm³/mol. The summed E-state index contributed by atoms with van der Waals surface area (Å²) < 4.78 is 5.94. The first-order valence-corrected chi connectivity index (χ1v) is 14.1. The molecule has 0 aliphatic rings. The van der Waals surface area contributed by atoms with Crippen molar-refractivity contribution in [3.63, 3.8) is 0 Å². The van der Waals surface area contributed by atoms with Gasteiger partial charge in [0.2, 0.25) is 0 Å². The van der Waals surface area contributed by atoms with Crippen LogP contribution in [0.4, 0.5) is 11.4 Å². The van der Waals surface area contributed by atoms with Crippen LogP contribution in [0.1, 0.15) is 31.2 Å². The highest BCUT2D eigenvalue weighted by Gasteiger charge is 2.19. The van der Waals surface area contributed by atoms with Crippen molar-refractivity contribution in [1.29, 1.82) is 0 Å². The average Bonchev–Trinajstić information content (AvgIpc) is 3.37. The molecule has 0 spiro atoms. The number of hydrogen-bond donors (Lipinski definition) is 2. The zero-order valence-electron chi connectivity index (χ0n) is 22.6. The lowest BCUT2D eigenvalue weighted by Crippen LogP contribution is -2.18. The number of ether oxygens (including phenoxy) is 1. The number of amides is 2. The average molecular weight is 625 g/mol. The van der Waals surface area contributed by atoms with Gasteiger partial charge < -0.3 is 10.1 Å². The Hall–Kier alpha value is -5.65. The minimum atomic E-state index is -0.565. The summed E-state index contributed by atoms with van der Waals surface area (Å²) in [4.78, 5) is 48.5. The van der Waals surface area contributed by atoms with Gasteiger partial charge in [0, 0.05) is 45.1 Å². The molecule has 218 valence electrons. The monoisotopic (exact) mass is 624 g/mol. The molecule has 0 radical (unpaired) electrons. The Morgan fingerprint density at radius 3 is 2.39 bits per heavy atom. The molecule has 2 N–H and O–H groups in total. The minimum absolute atomic E-state index is 0.0971. The molecule has 0 aliphatic heterocycles. The van der Waals surface area contributed by atoms with Crippen LogP contribution in [-0.4, -0.2) is 28.9 Å². The van der Waals surface area contributed by atoms with Gasteiger partial charge in [0.05, 0.1) is 16.2 Å². The first-order chi connectivity index (χ1) is 21.3. The lowest BCUT2D eigenvalue weighted by Gasteiger charge is -2.06. The van der Waals surface area contributed by atoms with Crippen LogP contribution in [0.2, 0.25) is 5.02 Å². The van der Waals surface area contributed by atoms with Gasteiger partial charge in [0.15, 0.2) is 0 Å². The summed E-state index contributed by atoms with van der Waals surface area (Å²) in [5.41, 5.74) is 4.34. The molecule has 0 saturated heterocycles. The zero-order valence-corrected chi connectivity index (χ0v) is 24.2. The van der Waals surface area contributed by atoms with Crippen LogP contribution >= 0.6 is 22.9 Å². The Labute approximate surface area is 259 Å². The molecule has 1 heterocycles. The van der Waals surface area contributed by atoms with E-state index in [0.29, 0.717) is 21.3 Å². The Balaban J connectivity index is 1.18. The third kappa shape index (κ3) is 7.21. The van der Waals surface area contributed by atoms with Crippen LogP contribution in [0.5, 0.6) is 5.75 Å². The number of rotatable bonds is 9. The number of benzene rings is 4. The summed E-state index contributed by atoms with van der Waals surface area (Å²) in [6, 6.07) is 26.4. The van der Waals surface area contributed by atoms with E-state index in [1.165, 1.54) is 42.6 Å². The largest absolute Gasteiger partial charge is 0.423 e. The lowest BCUT2D eigenvalue weighted by molar-refractivity contribution is -0.384. The fourth-order valence-electron chi connectivity index (χ4n) is 3.98. The van der Waals surface area contributed by atoms with E-state index < -0.39 is 22.7 Å². The van der Waals surface area contributed by atoms with Crippen LogP contribution in [0.15, 0.2) is 108 Å². The van der Waals surface area contributed by atoms with Crippen molar-refractivity contribution in [2.24, 2.45) is 5.10 Å². The van der Waals surface area contributed by atoms with E-state index in [1.54, 1.807) is 42.5 Å². The number of fused-ring (bicyclic) bond motifs is 1. The van der Waals surface area contributed by atoms with Gasteiger partial charge in [0.25, 0.3) is 17.5 Å². The van der Waals surface area contributed by atoms with Gasteiger partial charge in [-0.2, -0.15) is 5.10 Å².